The van der Waals surface area contributed by atoms with E-state index in [1.807, 2.05) is 34.6 Å². The Morgan fingerprint density at radius 2 is 2.00 bits per heavy atom. The number of hydrogen-bond acceptors (Lipinski definition) is 4. The molecule has 1 heterocycles. The Hall–Kier alpha value is -1.42. The predicted molar refractivity (Wildman–Crippen MR) is 76.4 cm³/mol. The van der Waals surface area contributed by atoms with E-state index in [0.717, 1.165) is 22.6 Å². The van der Waals surface area contributed by atoms with Gasteiger partial charge in [0.25, 0.3) is 0 Å². The van der Waals surface area contributed by atoms with Gasteiger partial charge in [0.05, 0.1) is 25.3 Å². The van der Waals surface area contributed by atoms with Crippen LogP contribution in [0.1, 0.15) is 37.6 Å². The lowest BCUT2D eigenvalue weighted by Gasteiger charge is -2.25. The Kier molecular flexibility index (Phi) is 4.69. The van der Waals surface area contributed by atoms with Crippen molar-refractivity contribution in [2.45, 2.75) is 47.1 Å². The van der Waals surface area contributed by atoms with Gasteiger partial charge in [0.1, 0.15) is 5.75 Å². The molecule has 1 rings (SSSR count). The zero-order chi connectivity index (χ0) is 14.8. The number of aromatic nitrogens is 1. The molecule has 0 aliphatic heterocycles. The van der Waals surface area contributed by atoms with Gasteiger partial charge in [-0.15, -0.1) is 0 Å². The van der Waals surface area contributed by atoms with E-state index in [9.17, 15) is 4.79 Å². The van der Waals surface area contributed by atoms with E-state index in [-0.39, 0.29) is 17.6 Å². The highest BCUT2D eigenvalue weighted by atomic mass is 16.5. The van der Waals surface area contributed by atoms with Gasteiger partial charge < -0.3 is 10.5 Å². The molecule has 0 aromatic carbocycles. The number of carbonyl (C=O) groups excluding carboxylic acids is 1. The summed E-state index contributed by atoms with van der Waals surface area (Å²) in [7, 11) is 1.63. The lowest BCUT2D eigenvalue weighted by molar-refractivity contribution is -0.121. The molecule has 0 spiro atoms. The first-order valence-electron chi connectivity index (χ1n) is 6.45. The molecule has 2 N–H and O–H groups in total. The number of Topliss-reactive ketones (excluding diaryl/α,β-unsaturated/α-hetero) is 1. The number of nitrogens with two attached hydrogens (primary N) is 1. The van der Waals surface area contributed by atoms with Crippen molar-refractivity contribution in [2.75, 3.05) is 7.11 Å². The van der Waals surface area contributed by atoms with E-state index in [1.165, 1.54) is 0 Å². The van der Waals surface area contributed by atoms with Crippen LogP contribution in [0.2, 0.25) is 0 Å². The smallest absolute Gasteiger partial charge is 0.156 e. The average Bonchev–Trinajstić information content (AvgIpc) is 2.31. The van der Waals surface area contributed by atoms with Gasteiger partial charge in [-0.2, -0.15) is 0 Å². The van der Waals surface area contributed by atoms with Crippen molar-refractivity contribution in [2.24, 2.45) is 11.1 Å². The Labute approximate surface area is 115 Å². The molecule has 0 saturated heterocycles. The fourth-order valence-electron chi connectivity index (χ4n) is 2.01. The molecule has 1 unspecified atom stereocenters. The number of nitrogens with zero attached hydrogens (tertiary/aromatic N) is 1. The summed E-state index contributed by atoms with van der Waals surface area (Å²) in [4.78, 5) is 16.5. The van der Waals surface area contributed by atoms with Crippen molar-refractivity contribution in [3.8, 4) is 5.75 Å². The normalized spacial score (nSPS) is 13.2. The number of pyridine rings is 1. The molecule has 0 amide bonds. The second-order valence-corrected chi connectivity index (χ2v) is 6.03. The first-order valence-corrected chi connectivity index (χ1v) is 6.45. The highest BCUT2D eigenvalue weighted by molar-refractivity contribution is 5.86. The third-order valence-corrected chi connectivity index (χ3v) is 3.37. The van der Waals surface area contributed by atoms with Crippen molar-refractivity contribution in [3.63, 3.8) is 0 Å². The molecule has 1 aromatic rings. The minimum atomic E-state index is -0.485. The standard InChI is InChI=1S/C15H24N2O2/c1-9-8-17-11(10(2)13(9)19-6)7-12(18)14(16)15(3,4)5/h8,14H,7,16H2,1-6H3. The maximum Gasteiger partial charge on any atom is 0.156 e. The van der Waals surface area contributed by atoms with E-state index in [0.29, 0.717) is 0 Å². The maximum absolute atomic E-state index is 12.2. The average molecular weight is 264 g/mol. The van der Waals surface area contributed by atoms with E-state index in [2.05, 4.69) is 4.98 Å². The SMILES string of the molecule is COc1c(C)cnc(CC(=O)C(N)C(C)(C)C)c1C. The largest absolute Gasteiger partial charge is 0.496 e. The highest BCUT2D eigenvalue weighted by Crippen LogP contribution is 2.25. The van der Waals surface area contributed by atoms with E-state index in [4.69, 9.17) is 10.5 Å². The summed E-state index contributed by atoms with van der Waals surface area (Å²) >= 11 is 0. The van der Waals surface area contributed by atoms with Gasteiger partial charge in [0.15, 0.2) is 5.78 Å². The van der Waals surface area contributed by atoms with Crippen molar-refractivity contribution in [1.82, 2.24) is 4.98 Å². The molecule has 0 aliphatic carbocycles. The topological polar surface area (TPSA) is 65.2 Å². The molecule has 4 heteroatoms. The number of ketones is 1. The molecule has 4 nitrogen and oxygen atoms in total. The van der Waals surface area contributed by atoms with E-state index >= 15 is 0 Å². The number of hydrogen-bond donors (Lipinski definition) is 1. The van der Waals surface area contributed by atoms with Gasteiger partial charge in [-0.05, 0) is 19.3 Å². The predicted octanol–water partition coefficient (Wildman–Crippen LogP) is 2.19. The number of rotatable bonds is 4. The summed E-state index contributed by atoms with van der Waals surface area (Å²) < 4.78 is 5.34. The van der Waals surface area contributed by atoms with Crippen molar-refractivity contribution in [3.05, 3.63) is 23.0 Å². The summed E-state index contributed by atoms with van der Waals surface area (Å²) in [6.45, 7) is 9.75. The van der Waals surface area contributed by atoms with Crippen LogP contribution in [-0.4, -0.2) is 23.9 Å². The van der Waals surface area contributed by atoms with Gasteiger partial charge in [0.2, 0.25) is 0 Å². The lowest BCUT2D eigenvalue weighted by atomic mass is 9.83. The number of carbonyl (C=O) groups is 1. The fraction of sp³-hybridized carbons (Fsp3) is 0.600. The Morgan fingerprint density at radius 3 is 2.47 bits per heavy atom. The Bertz CT molecular complexity index is 476. The first kappa shape index (κ1) is 15.6. The molecular weight excluding hydrogens is 240 g/mol. The third kappa shape index (κ3) is 3.53. The molecule has 106 valence electrons. The van der Waals surface area contributed by atoms with Crippen molar-refractivity contribution in [1.29, 1.82) is 0 Å². The molecule has 0 fully saturated rings. The second-order valence-electron chi connectivity index (χ2n) is 6.03. The van der Waals surface area contributed by atoms with E-state index in [1.54, 1.807) is 13.3 Å². The molecule has 0 saturated carbocycles. The van der Waals surface area contributed by atoms with Gasteiger partial charge in [-0.3, -0.25) is 9.78 Å². The monoisotopic (exact) mass is 264 g/mol. The van der Waals surface area contributed by atoms with Crippen molar-refractivity contribution >= 4 is 5.78 Å². The van der Waals surface area contributed by atoms with Crippen LogP contribution in [0.15, 0.2) is 6.20 Å². The van der Waals surface area contributed by atoms with Crippen LogP contribution in [0.25, 0.3) is 0 Å². The van der Waals surface area contributed by atoms with Crippen LogP contribution in [0.3, 0.4) is 0 Å². The van der Waals surface area contributed by atoms with Crippen LogP contribution in [0.4, 0.5) is 0 Å². The van der Waals surface area contributed by atoms with Crippen LogP contribution < -0.4 is 10.5 Å². The second kappa shape index (κ2) is 5.70. The van der Waals surface area contributed by atoms with Crippen molar-refractivity contribution < 1.29 is 9.53 Å². The Morgan fingerprint density at radius 1 is 1.42 bits per heavy atom. The molecule has 0 bridgehead atoms. The summed E-state index contributed by atoms with van der Waals surface area (Å²) in [6, 6.07) is -0.485. The first-order chi connectivity index (χ1) is 8.68. The maximum atomic E-state index is 12.2. The van der Waals surface area contributed by atoms with Crippen LogP contribution in [0, 0.1) is 19.3 Å². The molecule has 0 radical (unpaired) electrons. The minimum absolute atomic E-state index is 0.00834. The molecular formula is C15H24N2O2. The van der Waals surface area contributed by atoms with Crippen LogP contribution in [-0.2, 0) is 11.2 Å². The zero-order valence-electron chi connectivity index (χ0n) is 12.7. The van der Waals surface area contributed by atoms with Gasteiger partial charge >= 0.3 is 0 Å². The molecule has 0 aliphatic rings. The third-order valence-electron chi connectivity index (χ3n) is 3.37. The summed E-state index contributed by atoms with van der Waals surface area (Å²) in [5.41, 5.74) is 8.37. The number of ether oxygens (including phenoxy) is 1. The molecule has 1 atom stereocenters. The summed E-state index contributed by atoms with van der Waals surface area (Å²) in [5.74, 6) is 0.802. The molecule has 1 aromatic heterocycles. The Balaban J connectivity index is 2.98. The minimum Gasteiger partial charge on any atom is -0.496 e. The quantitative estimate of drug-likeness (QED) is 0.905. The van der Waals surface area contributed by atoms with E-state index < -0.39 is 6.04 Å². The number of methoxy groups -OCH3 is 1. The van der Waals surface area contributed by atoms with Gasteiger partial charge in [-0.1, -0.05) is 20.8 Å². The zero-order valence-corrected chi connectivity index (χ0v) is 12.7. The van der Waals surface area contributed by atoms with Gasteiger partial charge in [0, 0.05) is 17.3 Å². The van der Waals surface area contributed by atoms with Crippen LogP contribution in [0.5, 0.6) is 5.75 Å². The van der Waals surface area contributed by atoms with Gasteiger partial charge in [-0.25, -0.2) is 0 Å². The number of aryl methyl sites for hydroxylation is 1. The lowest BCUT2D eigenvalue weighted by Crippen LogP contribution is -2.43. The fourth-order valence-corrected chi connectivity index (χ4v) is 2.01. The summed E-state index contributed by atoms with van der Waals surface area (Å²) in [5, 5.41) is 0. The highest BCUT2D eigenvalue weighted by Gasteiger charge is 2.28. The summed E-state index contributed by atoms with van der Waals surface area (Å²) in [6.07, 6.45) is 1.98. The van der Waals surface area contributed by atoms with Crippen LogP contribution >= 0.6 is 0 Å². The molecule has 19 heavy (non-hydrogen) atoms.